The molecule has 3 rings (SSSR count). The molecule has 0 saturated heterocycles. The van der Waals surface area contributed by atoms with Crippen molar-refractivity contribution in [2.75, 3.05) is 12.0 Å². The molecule has 0 spiro atoms. The number of nitrogen functional groups attached to an aromatic ring is 1. The van der Waals surface area contributed by atoms with Gasteiger partial charge >= 0.3 is 0 Å². The molecule has 2 heterocycles. The standard InChI is InChI=1S/C15H16N4O/c16-18-14-7-3-5-12(17-14)10-19-9-8-11-4-1-2-6-13(11)15(19)20/h1-7H,8-10,16H2,(H,17,18). The van der Waals surface area contributed by atoms with Gasteiger partial charge in [-0.2, -0.15) is 0 Å². The molecule has 2 aromatic rings. The number of pyridine rings is 1. The second-order valence-corrected chi connectivity index (χ2v) is 4.79. The van der Waals surface area contributed by atoms with E-state index in [0.717, 1.165) is 29.8 Å². The summed E-state index contributed by atoms with van der Waals surface area (Å²) in [6.45, 7) is 1.22. The van der Waals surface area contributed by atoms with Gasteiger partial charge in [-0.3, -0.25) is 4.79 Å². The molecule has 0 aliphatic carbocycles. The molecule has 0 radical (unpaired) electrons. The summed E-state index contributed by atoms with van der Waals surface area (Å²) in [5.41, 5.74) is 5.27. The van der Waals surface area contributed by atoms with Gasteiger partial charge in [-0.1, -0.05) is 24.3 Å². The second-order valence-electron chi connectivity index (χ2n) is 4.79. The Bertz CT molecular complexity index is 641. The third kappa shape index (κ3) is 2.35. The first kappa shape index (κ1) is 12.6. The first-order valence-corrected chi connectivity index (χ1v) is 6.57. The van der Waals surface area contributed by atoms with Gasteiger partial charge in [0.1, 0.15) is 5.82 Å². The van der Waals surface area contributed by atoms with E-state index in [1.807, 2.05) is 41.3 Å². The van der Waals surface area contributed by atoms with Crippen LogP contribution in [0.15, 0.2) is 42.5 Å². The summed E-state index contributed by atoms with van der Waals surface area (Å²) in [6, 6.07) is 13.3. The van der Waals surface area contributed by atoms with E-state index in [1.54, 1.807) is 6.07 Å². The van der Waals surface area contributed by atoms with Crippen molar-refractivity contribution in [1.82, 2.24) is 9.88 Å². The molecule has 1 aliphatic rings. The quantitative estimate of drug-likeness (QED) is 0.654. The number of rotatable bonds is 3. The minimum Gasteiger partial charge on any atom is -0.332 e. The monoisotopic (exact) mass is 268 g/mol. The Morgan fingerprint density at radius 3 is 2.90 bits per heavy atom. The molecule has 0 fully saturated rings. The van der Waals surface area contributed by atoms with E-state index in [0.29, 0.717) is 12.4 Å². The molecule has 0 atom stereocenters. The molecule has 0 bridgehead atoms. The fourth-order valence-electron chi connectivity index (χ4n) is 2.47. The maximum atomic E-state index is 12.4. The van der Waals surface area contributed by atoms with Gasteiger partial charge in [0, 0.05) is 12.1 Å². The Labute approximate surface area is 117 Å². The third-order valence-electron chi connectivity index (χ3n) is 3.49. The maximum absolute atomic E-state index is 12.4. The normalized spacial score (nSPS) is 14.1. The highest BCUT2D eigenvalue weighted by molar-refractivity contribution is 5.96. The number of nitrogens with two attached hydrogens (primary N) is 1. The van der Waals surface area contributed by atoms with Crippen LogP contribution in [0.3, 0.4) is 0 Å². The van der Waals surface area contributed by atoms with E-state index in [1.165, 1.54) is 0 Å². The Balaban J connectivity index is 1.81. The van der Waals surface area contributed by atoms with Crippen molar-refractivity contribution < 1.29 is 4.79 Å². The second kappa shape index (κ2) is 5.30. The van der Waals surface area contributed by atoms with Gasteiger partial charge in [0.05, 0.1) is 12.2 Å². The van der Waals surface area contributed by atoms with Crippen LogP contribution in [0.1, 0.15) is 21.6 Å². The van der Waals surface area contributed by atoms with Crippen LogP contribution >= 0.6 is 0 Å². The summed E-state index contributed by atoms with van der Waals surface area (Å²) in [6.07, 6.45) is 0.886. The molecule has 0 saturated carbocycles. The number of carbonyl (C=O) groups excluding carboxylic acids is 1. The van der Waals surface area contributed by atoms with Gasteiger partial charge in [-0.15, -0.1) is 0 Å². The molecule has 1 aromatic heterocycles. The number of carbonyl (C=O) groups is 1. The minimum atomic E-state index is 0.0692. The maximum Gasteiger partial charge on any atom is 0.254 e. The molecule has 1 aliphatic heterocycles. The van der Waals surface area contributed by atoms with Crippen LogP contribution in [0.4, 0.5) is 5.82 Å². The Kier molecular flexibility index (Phi) is 3.35. The van der Waals surface area contributed by atoms with Gasteiger partial charge in [-0.05, 0) is 30.2 Å². The van der Waals surface area contributed by atoms with Crippen LogP contribution in [0, 0.1) is 0 Å². The predicted octanol–water partition coefficient (Wildman–Crippen LogP) is 1.57. The summed E-state index contributed by atoms with van der Waals surface area (Å²) in [7, 11) is 0. The number of hydrogen-bond donors (Lipinski definition) is 2. The van der Waals surface area contributed by atoms with Crippen molar-refractivity contribution in [2.24, 2.45) is 5.84 Å². The number of fused-ring (bicyclic) bond motifs is 1. The first-order chi connectivity index (χ1) is 9.78. The number of hydrazine groups is 1. The van der Waals surface area contributed by atoms with E-state index >= 15 is 0 Å². The molecule has 102 valence electrons. The highest BCUT2D eigenvalue weighted by atomic mass is 16.2. The molecule has 1 aromatic carbocycles. The molecule has 3 N–H and O–H groups in total. The highest BCUT2D eigenvalue weighted by Gasteiger charge is 2.23. The Hall–Kier alpha value is -2.40. The fourth-order valence-corrected chi connectivity index (χ4v) is 2.47. The van der Waals surface area contributed by atoms with E-state index in [9.17, 15) is 4.79 Å². The number of nitrogens with one attached hydrogen (secondary N) is 1. The molecule has 5 heteroatoms. The van der Waals surface area contributed by atoms with E-state index in [2.05, 4.69) is 10.4 Å². The zero-order valence-corrected chi connectivity index (χ0v) is 11.0. The van der Waals surface area contributed by atoms with Crippen LogP contribution in [0.2, 0.25) is 0 Å². The van der Waals surface area contributed by atoms with Gasteiger partial charge in [0.2, 0.25) is 0 Å². The van der Waals surface area contributed by atoms with Gasteiger partial charge in [0.25, 0.3) is 5.91 Å². The van der Waals surface area contributed by atoms with E-state index < -0.39 is 0 Å². The number of aromatic nitrogens is 1. The molecule has 0 unspecified atom stereocenters. The lowest BCUT2D eigenvalue weighted by atomic mass is 9.99. The lowest BCUT2D eigenvalue weighted by Crippen LogP contribution is -2.37. The number of hydrogen-bond acceptors (Lipinski definition) is 4. The van der Waals surface area contributed by atoms with Crippen LogP contribution in [0.5, 0.6) is 0 Å². The van der Waals surface area contributed by atoms with E-state index in [4.69, 9.17) is 5.84 Å². The van der Waals surface area contributed by atoms with Gasteiger partial charge < -0.3 is 10.3 Å². The zero-order chi connectivity index (χ0) is 13.9. The molecule has 20 heavy (non-hydrogen) atoms. The van der Waals surface area contributed by atoms with Crippen LogP contribution in [-0.2, 0) is 13.0 Å². The molecular weight excluding hydrogens is 252 g/mol. The molecular formula is C15H16N4O. The summed E-state index contributed by atoms with van der Waals surface area (Å²) in [4.78, 5) is 18.6. The first-order valence-electron chi connectivity index (χ1n) is 6.57. The Morgan fingerprint density at radius 2 is 2.05 bits per heavy atom. The average molecular weight is 268 g/mol. The fraction of sp³-hybridized carbons (Fsp3) is 0.200. The summed E-state index contributed by atoms with van der Waals surface area (Å²) < 4.78 is 0. The van der Waals surface area contributed by atoms with Gasteiger partial charge in [-0.25, -0.2) is 10.8 Å². The van der Waals surface area contributed by atoms with Crippen LogP contribution < -0.4 is 11.3 Å². The van der Waals surface area contributed by atoms with Crippen molar-refractivity contribution >= 4 is 11.7 Å². The topological polar surface area (TPSA) is 71.2 Å². The highest BCUT2D eigenvalue weighted by Crippen LogP contribution is 2.20. The SMILES string of the molecule is NNc1cccc(CN2CCc3ccccc3C2=O)n1. The largest absolute Gasteiger partial charge is 0.332 e. The summed E-state index contributed by atoms with van der Waals surface area (Å²) >= 11 is 0. The van der Waals surface area contributed by atoms with Crippen molar-refractivity contribution in [2.45, 2.75) is 13.0 Å². The van der Waals surface area contributed by atoms with Crippen molar-refractivity contribution in [3.63, 3.8) is 0 Å². The van der Waals surface area contributed by atoms with Crippen molar-refractivity contribution in [1.29, 1.82) is 0 Å². The Morgan fingerprint density at radius 1 is 1.20 bits per heavy atom. The average Bonchev–Trinajstić information content (AvgIpc) is 2.50. The van der Waals surface area contributed by atoms with Crippen LogP contribution in [0.25, 0.3) is 0 Å². The smallest absolute Gasteiger partial charge is 0.254 e. The van der Waals surface area contributed by atoms with Crippen LogP contribution in [-0.4, -0.2) is 22.3 Å². The number of benzene rings is 1. The van der Waals surface area contributed by atoms with Gasteiger partial charge in [0.15, 0.2) is 0 Å². The minimum absolute atomic E-state index is 0.0692. The molecule has 5 nitrogen and oxygen atoms in total. The van der Waals surface area contributed by atoms with Crippen molar-refractivity contribution in [3.8, 4) is 0 Å². The number of amides is 1. The lowest BCUT2D eigenvalue weighted by Gasteiger charge is -2.28. The lowest BCUT2D eigenvalue weighted by molar-refractivity contribution is 0.0725. The van der Waals surface area contributed by atoms with Crippen molar-refractivity contribution in [3.05, 3.63) is 59.3 Å². The number of nitrogens with zero attached hydrogens (tertiary/aromatic N) is 2. The zero-order valence-electron chi connectivity index (χ0n) is 11.0. The third-order valence-corrected chi connectivity index (χ3v) is 3.49. The van der Waals surface area contributed by atoms with E-state index in [-0.39, 0.29) is 5.91 Å². The number of anilines is 1. The predicted molar refractivity (Wildman–Crippen MR) is 76.9 cm³/mol. The summed E-state index contributed by atoms with van der Waals surface area (Å²) in [5, 5.41) is 0. The molecule has 1 amide bonds. The summed E-state index contributed by atoms with van der Waals surface area (Å²) in [5.74, 6) is 6.02.